The van der Waals surface area contributed by atoms with Crippen LogP contribution in [0.4, 0.5) is 5.69 Å². The topological polar surface area (TPSA) is 28.6 Å². The minimum Gasteiger partial charge on any atom is -0.495 e. The zero-order chi connectivity index (χ0) is 19.7. The fourth-order valence-electron chi connectivity index (χ4n) is 3.89. The van der Waals surface area contributed by atoms with E-state index < -0.39 is 0 Å². The average molecular weight is 396 g/mol. The van der Waals surface area contributed by atoms with Crippen LogP contribution in [0.1, 0.15) is 16.7 Å². The summed E-state index contributed by atoms with van der Waals surface area (Å²) in [5, 5.41) is 1.78. The number of aromatic nitrogens is 1. The Labute approximate surface area is 171 Å². The van der Waals surface area contributed by atoms with E-state index in [9.17, 15) is 0 Å². The first-order chi connectivity index (χ1) is 13.6. The Morgan fingerprint density at radius 2 is 1.79 bits per heavy atom. The van der Waals surface area contributed by atoms with Gasteiger partial charge in [-0.25, -0.2) is 4.98 Å². The van der Waals surface area contributed by atoms with E-state index in [0.29, 0.717) is 5.15 Å². The molecule has 1 saturated heterocycles. The molecule has 1 aromatic heterocycles. The first-order valence-corrected chi connectivity index (χ1v) is 10.1. The predicted octanol–water partition coefficient (Wildman–Crippen LogP) is 4.84. The molecule has 0 radical (unpaired) electrons. The highest BCUT2D eigenvalue weighted by molar-refractivity contribution is 6.30. The van der Waals surface area contributed by atoms with Gasteiger partial charge in [0, 0.05) is 43.7 Å². The largest absolute Gasteiger partial charge is 0.495 e. The van der Waals surface area contributed by atoms with Crippen LogP contribution in [-0.2, 0) is 6.54 Å². The van der Waals surface area contributed by atoms with Crippen molar-refractivity contribution in [3.63, 3.8) is 0 Å². The standard InChI is InChI=1S/C23H26ClN3O/c1-16-8-9-18-14-19(23(24)25-22(18)17(16)2)15-26-10-12-27(13-11-26)20-6-4-5-7-21(20)28-3/h4-9,14H,10-13,15H2,1-3H3. The van der Waals surface area contributed by atoms with Crippen molar-refractivity contribution in [1.29, 1.82) is 0 Å². The number of piperazine rings is 1. The molecule has 0 aliphatic carbocycles. The van der Waals surface area contributed by atoms with Crippen LogP contribution in [0, 0.1) is 13.8 Å². The van der Waals surface area contributed by atoms with Gasteiger partial charge >= 0.3 is 0 Å². The number of benzene rings is 2. The first-order valence-electron chi connectivity index (χ1n) is 9.72. The normalized spacial score (nSPS) is 15.2. The molecule has 1 fully saturated rings. The van der Waals surface area contributed by atoms with Crippen LogP contribution in [0.25, 0.3) is 10.9 Å². The maximum Gasteiger partial charge on any atom is 0.142 e. The number of methoxy groups -OCH3 is 1. The molecule has 0 bridgehead atoms. The Morgan fingerprint density at radius 1 is 1.04 bits per heavy atom. The van der Waals surface area contributed by atoms with Crippen LogP contribution in [-0.4, -0.2) is 43.2 Å². The molecule has 0 atom stereocenters. The summed E-state index contributed by atoms with van der Waals surface area (Å²) < 4.78 is 5.51. The van der Waals surface area contributed by atoms with Crippen LogP contribution < -0.4 is 9.64 Å². The van der Waals surface area contributed by atoms with Crippen molar-refractivity contribution in [2.45, 2.75) is 20.4 Å². The quantitative estimate of drug-likeness (QED) is 0.591. The number of nitrogens with zero attached hydrogens (tertiary/aromatic N) is 3. The summed E-state index contributed by atoms with van der Waals surface area (Å²) in [5.74, 6) is 0.934. The Balaban J connectivity index is 1.48. The van der Waals surface area contributed by atoms with Gasteiger partial charge in [-0.2, -0.15) is 0 Å². The molecule has 2 aromatic carbocycles. The van der Waals surface area contributed by atoms with Crippen LogP contribution in [0.5, 0.6) is 5.75 Å². The fourth-order valence-corrected chi connectivity index (χ4v) is 4.09. The van der Waals surface area contributed by atoms with Gasteiger partial charge in [-0.1, -0.05) is 35.9 Å². The molecule has 1 aliphatic heterocycles. The SMILES string of the molecule is COc1ccccc1N1CCN(Cc2cc3ccc(C)c(C)c3nc2Cl)CC1. The molecule has 4 rings (SSSR count). The van der Waals surface area contributed by atoms with Crippen molar-refractivity contribution in [3.05, 3.63) is 64.3 Å². The van der Waals surface area contributed by atoms with Gasteiger partial charge in [0.2, 0.25) is 0 Å². The molecule has 3 aromatic rings. The van der Waals surface area contributed by atoms with E-state index >= 15 is 0 Å². The number of anilines is 1. The lowest BCUT2D eigenvalue weighted by Gasteiger charge is -2.36. The second kappa shape index (κ2) is 7.98. The second-order valence-electron chi connectivity index (χ2n) is 7.45. The van der Waals surface area contributed by atoms with Crippen molar-refractivity contribution in [2.75, 3.05) is 38.2 Å². The van der Waals surface area contributed by atoms with E-state index in [-0.39, 0.29) is 0 Å². The fraction of sp³-hybridized carbons (Fsp3) is 0.348. The molecule has 0 amide bonds. The van der Waals surface area contributed by atoms with E-state index in [2.05, 4.69) is 54.0 Å². The van der Waals surface area contributed by atoms with Gasteiger partial charge < -0.3 is 9.64 Å². The molecule has 28 heavy (non-hydrogen) atoms. The van der Waals surface area contributed by atoms with Gasteiger partial charge in [-0.3, -0.25) is 4.90 Å². The van der Waals surface area contributed by atoms with Crippen molar-refractivity contribution in [1.82, 2.24) is 9.88 Å². The Hall–Kier alpha value is -2.30. The third-order valence-electron chi connectivity index (χ3n) is 5.73. The number of halogens is 1. The minimum absolute atomic E-state index is 0.619. The van der Waals surface area contributed by atoms with E-state index in [1.807, 2.05) is 12.1 Å². The van der Waals surface area contributed by atoms with E-state index in [1.165, 1.54) is 16.8 Å². The molecule has 0 spiro atoms. The molecule has 5 heteroatoms. The number of hydrogen-bond acceptors (Lipinski definition) is 4. The van der Waals surface area contributed by atoms with Crippen LogP contribution >= 0.6 is 11.6 Å². The van der Waals surface area contributed by atoms with E-state index in [4.69, 9.17) is 21.3 Å². The number of aryl methyl sites for hydroxylation is 2. The van der Waals surface area contributed by atoms with E-state index in [0.717, 1.165) is 54.9 Å². The highest BCUT2D eigenvalue weighted by Gasteiger charge is 2.20. The third-order valence-corrected chi connectivity index (χ3v) is 6.06. The summed E-state index contributed by atoms with van der Waals surface area (Å²) in [4.78, 5) is 9.54. The average Bonchev–Trinajstić information content (AvgIpc) is 2.72. The Bertz CT molecular complexity index is 997. The maximum atomic E-state index is 6.55. The lowest BCUT2D eigenvalue weighted by molar-refractivity contribution is 0.249. The van der Waals surface area contributed by atoms with Crippen LogP contribution in [0.3, 0.4) is 0 Å². The zero-order valence-corrected chi connectivity index (χ0v) is 17.5. The summed E-state index contributed by atoms with van der Waals surface area (Å²) in [6.45, 7) is 8.96. The van der Waals surface area contributed by atoms with Crippen molar-refractivity contribution >= 4 is 28.2 Å². The summed E-state index contributed by atoms with van der Waals surface area (Å²) in [6, 6.07) is 14.7. The Morgan fingerprint density at radius 3 is 2.54 bits per heavy atom. The number of para-hydroxylation sites is 2. The van der Waals surface area contributed by atoms with Crippen molar-refractivity contribution in [2.24, 2.45) is 0 Å². The summed E-state index contributed by atoms with van der Waals surface area (Å²) in [5.41, 5.74) is 5.73. The van der Waals surface area contributed by atoms with Gasteiger partial charge in [0.1, 0.15) is 10.9 Å². The molecule has 1 aliphatic rings. The molecule has 0 unspecified atom stereocenters. The number of pyridine rings is 1. The molecule has 2 heterocycles. The van der Waals surface area contributed by atoms with Crippen molar-refractivity contribution < 1.29 is 4.74 Å². The highest BCUT2D eigenvalue weighted by Crippen LogP contribution is 2.29. The highest BCUT2D eigenvalue weighted by atomic mass is 35.5. The van der Waals surface area contributed by atoms with Crippen molar-refractivity contribution in [3.8, 4) is 5.75 Å². The lowest BCUT2D eigenvalue weighted by atomic mass is 10.0. The summed E-state index contributed by atoms with van der Waals surface area (Å²) in [6.07, 6.45) is 0. The smallest absolute Gasteiger partial charge is 0.142 e. The van der Waals surface area contributed by atoms with Gasteiger partial charge in [0.15, 0.2) is 0 Å². The molecular formula is C23H26ClN3O. The maximum absolute atomic E-state index is 6.55. The first kappa shape index (κ1) is 19.0. The molecule has 146 valence electrons. The lowest BCUT2D eigenvalue weighted by Crippen LogP contribution is -2.46. The molecular weight excluding hydrogens is 370 g/mol. The van der Waals surface area contributed by atoms with Gasteiger partial charge in [-0.15, -0.1) is 0 Å². The second-order valence-corrected chi connectivity index (χ2v) is 7.81. The number of hydrogen-bond donors (Lipinski definition) is 0. The van der Waals surface area contributed by atoms with Gasteiger partial charge in [0.25, 0.3) is 0 Å². The summed E-state index contributed by atoms with van der Waals surface area (Å²) >= 11 is 6.55. The van der Waals surface area contributed by atoms with Crippen LogP contribution in [0.15, 0.2) is 42.5 Å². The predicted molar refractivity (Wildman–Crippen MR) is 117 cm³/mol. The molecule has 0 N–H and O–H groups in total. The third kappa shape index (κ3) is 3.67. The summed E-state index contributed by atoms with van der Waals surface area (Å²) in [7, 11) is 1.73. The molecule has 4 nitrogen and oxygen atoms in total. The van der Waals surface area contributed by atoms with Gasteiger partial charge in [0.05, 0.1) is 18.3 Å². The zero-order valence-electron chi connectivity index (χ0n) is 16.7. The number of fused-ring (bicyclic) bond motifs is 1. The molecule has 0 saturated carbocycles. The Kier molecular flexibility index (Phi) is 5.42. The number of ether oxygens (including phenoxy) is 1. The monoisotopic (exact) mass is 395 g/mol. The minimum atomic E-state index is 0.619. The number of rotatable bonds is 4. The van der Waals surface area contributed by atoms with Crippen LogP contribution in [0.2, 0.25) is 5.15 Å². The van der Waals surface area contributed by atoms with Gasteiger partial charge in [-0.05, 0) is 43.2 Å². The van der Waals surface area contributed by atoms with E-state index in [1.54, 1.807) is 7.11 Å².